The smallest absolute Gasteiger partial charge is 0.236 e. The van der Waals surface area contributed by atoms with Gasteiger partial charge in [0.15, 0.2) is 0 Å². The molecule has 0 spiro atoms. The molecule has 0 bridgehead atoms. The summed E-state index contributed by atoms with van der Waals surface area (Å²) in [5, 5.41) is 2.24. The molecular weight excluding hydrogens is 241 g/mol. The summed E-state index contributed by atoms with van der Waals surface area (Å²) < 4.78 is 25.0. The summed E-state index contributed by atoms with van der Waals surface area (Å²) in [6.07, 6.45) is 2.43. The van der Waals surface area contributed by atoms with Crippen molar-refractivity contribution in [1.82, 2.24) is 5.32 Å². The number of carbonyl (C=O) groups excluding carboxylic acids is 1. The summed E-state index contributed by atoms with van der Waals surface area (Å²) >= 11 is 0. The van der Waals surface area contributed by atoms with Gasteiger partial charge in [-0.05, 0) is 43.5 Å². The van der Waals surface area contributed by atoms with Gasteiger partial charge in [0.25, 0.3) is 0 Å². The third kappa shape index (κ3) is 2.91. The van der Waals surface area contributed by atoms with E-state index in [4.69, 9.17) is 0 Å². The quantitative estimate of drug-likeness (QED) is 0.872. The van der Waals surface area contributed by atoms with Gasteiger partial charge in [-0.2, -0.15) is 0 Å². The van der Waals surface area contributed by atoms with Crippen LogP contribution in [0.25, 0.3) is 0 Å². The van der Waals surface area contributed by atoms with Crippen LogP contribution in [0.3, 0.4) is 0 Å². The fourth-order valence-electron chi connectivity index (χ4n) is 1.85. The van der Waals surface area contributed by atoms with Crippen molar-refractivity contribution in [3.63, 3.8) is 0 Å². The first kappa shape index (κ1) is 12.2. The van der Waals surface area contributed by atoms with Crippen molar-refractivity contribution in [1.29, 1.82) is 0 Å². The Labute approximate surface area is 102 Å². The van der Waals surface area contributed by atoms with Crippen LogP contribution in [0.15, 0.2) is 29.2 Å². The van der Waals surface area contributed by atoms with Crippen molar-refractivity contribution in [2.24, 2.45) is 0 Å². The standard InChI is InChI=1S/C12H14FNO2S/c13-9-4-6-10(7-5-9)17(16)11-3-1-2-8-14-12(11)15/h4-7,11H,1-3,8H2,(H,14,15). The average Bonchev–Trinajstić information content (AvgIpc) is 2.54. The number of nitrogens with one attached hydrogen (secondary N) is 1. The SMILES string of the molecule is O=C1NCCCCC1S(=O)c1ccc(F)cc1. The molecule has 0 aromatic heterocycles. The van der Waals surface area contributed by atoms with Crippen LogP contribution < -0.4 is 5.32 Å². The topological polar surface area (TPSA) is 46.2 Å². The Hall–Kier alpha value is -1.23. The van der Waals surface area contributed by atoms with Crippen LogP contribution in [0.4, 0.5) is 4.39 Å². The van der Waals surface area contributed by atoms with E-state index >= 15 is 0 Å². The highest BCUT2D eigenvalue weighted by molar-refractivity contribution is 7.86. The van der Waals surface area contributed by atoms with E-state index in [1.807, 2.05) is 0 Å². The summed E-state index contributed by atoms with van der Waals surface area (Å²) in [5.41, 5.74) is 0. The minimum atomic E-state index is -1.40. The van der Waals surface area contributed by atoms with Gasteiger partial charge in [0.2, 0.25) is 5.91 Å². The lowest BCUT2D eigenvalue weighted by molar-refractivity contribution is -0.120. The molecule has 5 heteroatoms. The van der Waals surface area contributed by atoms with Gasteiger partial charge in [-0.1, -0.05) is 0 Å². The Bertz CT molecular complexity index is 433. The Balaban J connectivity index is 2.18. The third-order valence-corrected chi connectivity index (χ3v) is 4.49. The van der Waals surface area contributed by atoms with E-state index in [0.717, 1.165) is 12.8 Å². The Kier molecular flexibility index (Phi) is 3.89. The van der Waals surface area contributed by atoms with Crippen molar-refractivity contribution in [3.8, 4) is 0 Å². The molecule has 1 fully saturated rings. The maximum atomic E-state index is 12.8. The number of rotatable bonds is 2. The van der Waals surface area contributed by atoms with Gasteiger partial charge in [0.1, 0.15) is 11.1 Å². The lowest BCUT2D eigenvalue weighted by Crippen LogP contribution is -2.35. The van der Waals surface area contributed by atoms with Crippen molar-refractivity contribution < 1.29 is 13.4 Å². The number of carbonyl (C=O) groups is 1. The van der Waals surface area contributed by atoms with Crippen molar-refractivity contribution in [3.05, 3.63) is 30.1 Å². The number of halogens is 1. The van der Waals surface area contributed by atoms with E-state index in [1.54, 1.807) is 0 Å². The largest absolute Gasteiger partial charge is 0.355 e. The highest BCUT2D eigenvalue weighted by Gasteiger charge is 2.27. The van der Waals surface area contributed by atoms with E-state index < -0.39 is 16.0 Å². The third-order valence-electron chi connectivity index (χ3n) is 2.79. The number of benzene rings is 1. The molecule has 0 saturated carbocycles. The molecule has 3 nitrogen and oxygen atoms in total. The normalized spacial score (nSPS) is 22.6. The van der Waals surface area contributed by atoms with Gasteiger partial charge < -0.3 is 5.32 Å². The maximum absolute atomic E-state index is 12.8. The molecule has 1 aromatic carbocycles. The molecule has 0 radical (unpaired) electrons. The van der Waals surface area contributed by atoms with Crippen molar-refractivity contribution in [2.45, 2.75) is 29.4 Å². The molecule has 1 heterocycles. The highest BCUT2D eigenvalue weighted by Crippen LogP contribution is 2.18. The van der Waals surface area contributed by atoms with Gasteiger partial charge in [0.05, 0.1) is 10.8 Å². The van der Waals surface area contributed by atoms with E-state index in [9.17, 15) is 13.4 Å². The minimum Gasteiger partial charge on any atom is -0.355 e. The second-order valence-electron chi connectivity index (χ2n) is 4.03. The van der Waals surface area contributed by atoms with Gasteiger partial charge >= 0.3 is 0 Å². The highest BCUT2D eigenvalue weighted by atomic mass is 32.2. The molecule has 2 unspecified atom stereocenters. The predicted molar refractivity (Wildman–Crippen MR) is 63.5 cm³/mol. The molecular formula is C12H14FNO2S. The Morgan fingerprint density at radius 2 is 1.94 bits per heavy atom. The molecule has 92 valence electrons. The monoisotopic (exact) mass is 255 g/mol. The van der Waals surface area contributed by atoms with Crippen LogP contribution in [-0.2, 0) is 15.6 Å². The van der Waals surface area contributed by atoms with Crippen LogP contribution >= 0.6 is 0 Å². The zero-order valence-electron chi connectivity index (χ0n) is 9.32. The molecule has 1 aliphatic heterocycles. The Morgan fingerprint density at radius 3 is 2.65 bits per heavy atom. The predicted octanol–water partition coefficient (Wildman–Crippen LogP) is 1.60. The first-order valence-corrected chi connectivity index (χ1v) is 6.83. The second kappa shape index (κ2) is 5.40. The fourth-order valence-corrected chi connectivity index (χ4v) is 3.24. The van der Waals surface area contributed by atoms with Gasteiger partial charge in [-0.15, -0.1) is 0 Å². The number of amides is 1. The average molecular weight is 255 g/mol. The Morgan fingerprint density at radius 1 is 1.24 bits per heavy atom. The van der Waals surface area contributed by atoms with E-state index in [2.05, 4.69) is 5.32 Å². The van der Waals surface area contributed by atoms with Crippen LogP contribution in [0.2, 0.25) is 0 Å². The maximum Gasteiger partial charge on any atom is 0.236 e. The molecule has 1 aromatic rings. The van der Waals surface area contributed by atoms with E-state index in [-0.39, 0.29) is 11.7 Å². The van der Waals surface area contributed by atoms with Crippen LogP contribution in [0, 0.1) is 5.82 Å². The summed E-state index contributed by atoms with van der Waals surface area (Å²) in [4.78, 5) is 12.2. The molecule has 1 aliphatic rings. The van der Waals surface area contributed by atoms with Crippen molar-refractivity contribution >= 4 is 16.7 Å². The zero-order chi connectivity index (χ0) is 12.3. The summed E-state index contributed by atoms with van der Waals surface area (Å²) in [7, 11) is -1.40. The molecule has 0 aliphatic carbocycles. The summed E-state index contributed by atoms with van der Waals surface area (Å²) in [5.74, 6) is -0.527. The van der Waals surface area contributed by atoms with Gasteiger partial charge in [-0.25, -0.2) is 4.39 Å². The molecule has 2 atom stereocenters. The number of hydrogen-bond donors (Lipinski definition) is 1. The summed E-state index contributed by atoms with van der Waals surface area (Å²) in [6.45, 7) is 0.649. The van der Waals surface area contributed by atoms with E-state index in [0.29, 0.717) is 17.9 Å². The molecule has 1 N–H and O–H groups in total. The lowest BCUT2D eigenvalue weighted by Gasteiger charge is -2.12. The van der Waals surface area contributed by atoms with Crippen molar-refractivity contribution in [2.75, 3.05) is 6.54 Å². The first-order valence-electron chi connectivity index (χ1n) is 5.62. The summed E-state index contributed by atoms with van der Waals surface area (Å²) in [6, 6.07) is 5.48. The molecule has 2 rings (SSSR count). The number of hydrogen-bond acceptors (Lipinski definition) is 2. The van der Waals surface area contributed by atoms with Gasteiger partial charge in [0, 0.05) is 11.4 Å². The zero-order valence-corrected chi connectivity index (χ0v) is 10.1. The van der Waals surface area contributed by atoms with Crippen LogP contribution in [0.1, 0.15) is 19.3 Å². The lowest BCUT2D eigenvalue weighted by atomic mass is 10.2. The first-order chi connectivity index (χ1) is 8.18. The van der Waals surface area contributed by atoms with Crippen LogP contribution in [-0.4, -0.2) is 21.9 Å². The van der Waals surface area contributed by atoms with E-state index in [1.165, 1.54) is 24.3 Å². The molecule has 1 amide bonds. The minimum absolute atomic E-state index is 0.162. The second-order valence-corrected chi connectivity index (χ2v) is 5.66. The molecule has 17 heavy (non-hydrogen) atoms. The molecule has 1 saturated heterocycles. The van der Waals surface area contributed by atoms with Gasteiger partial charge in [-0.3, -0.25) is 9.00 Å². The fraction of sp³-hybridized carbons (Fsp3) is 0.417. The van der Waals surface area contributed by atoms with Crippen LogP contribution in [0.5, 0.6) is 0 Å².